The van der Waals surface area contributed by atoms with Gasteiger partial charge in [0.15, 0.2) is 9.84 Å². The van der Waals surface area contributed by atoms with E-state index in [4.69, 9.17) is 26.2 Å². The third kappa shape index (κ3) is 8.42. The van der Waals surface area contributed by atoms with Crippen molar-refractivity contribution in [1.29, 1.82) is 0 Å². The van der Waals surface area contributed by atoms with Gasteiger partial charge in [-0.2, -0.15) is 13.2 Å². The van der Waals surface area contributed by atoms with Gasteiger partial charge in [-0.3, -0.25) is 4.90 Å². The largest absolute Gasteiger partial charge is 0.490 e. The molecule has 38 heavy (non-hydrogen) atoms. The van der Waals surface area contributed by atoms with E-state index >= 15 is 0 Å². The van der Waals surface area contributed by atoms with Gasteiger partial charge in [0.1, 0.15) is 22.6 Å². The Labute approximate surface area is 227 Å². The molecular weight excluding hydrogens is 565 g/mol. The molecule has 0 aliphatic carbocycles. The van der Waals surface area contributed by atoms with Gasteiger partial charge in [0, 0.05) is 30.7 Å². The Morgan fingerprint density at radius 3 is 2.37 bits per heavy atom. The molecule has 7 nitrogen and oxygen atoms in total. The number of thiazole rings is 1. The Balaban J connectivity index is 0.000000505. The standard InChI is InChI=1S/C23H25ClN2O3S2.C2HF3O2/c1-17(18-5-3-2-4-6-18)26-12-9-19(10-13-26)29-22-8-7-20(15-21(22)24)31(27,28)16-23-25-11-14-30-23;3-2(4,5)1(6)7/h2-8,11,14-15,17,19H,9-10,12-13,16H2,1H3;(H,6,7)/t17-;/m0./s1. The lowest BCUT2D eigenvalue weighted by Gasteiger charge is -2.36. The summed E-state index contributed by atoms with van der Waals surface area (Å²) >= 11 is 7.71. The zero-order valence-corrected chi connectivity index (χ0v) is 22.7. The predicted molar refractivity (Wildman–Crippen MR) is 138 cm³/mol. The number of hydrogen-bond donors (Lipinski definition) is 1. The number of aliphatic carboxylic acids is 1. The smallest absolute Gasteiger partial charge is 0.489 e. The summed E-state index contributed by atoms with van der Waals surface area (Å²) in [6, 6.07) is 15.6. The summed E-state index contributed by atoms with van der Waals surface area (Å²) in [6.45, 7) is 4.12. The number of halogens is 4. The number of rotatable bonds is 7. The number of alkyl halides is 3. The van der Waals surface area contributed by atoms with Gasteiger partial charge >= 0.3 is 12.1 Å². The van der Waals surface area contributed by atoms with Crippen LogP contribution in [0.1, 0.15) is 36.4 Å². The Hall–Kier alpha value is -2.67. The Kier molecular flexibility index (Phi) is 10.2. The summed E-state index contributed by atoms with van der Waals surface area (Å²) < 4.78 is 63.1. The molecule has 2 heterocycles. The topological polar surface area (TPSA) is 96.8 Å². The summed E-state index contributed by atoms with van der Waals surface area (Å²) in [5, 5.41) is 9.77. The number of carboxylic acids is 1. The molecule has 0 bridgehead atoms. The molecule has 1 N–H and O–H groups in total. The molecular formula is C25H26ClF3N2O5S2. The first kappa shape index (κ1) is 29.9. The molecule has 0 saturated carbocycles. The van der Waals surface area contributed by atoms with E-state index in [-0.39, 0.29) is 16.8 Å². The average molecular weight is 591 g/mol. The Morgan fingerprint density at radius 2 is 1.84 bits per heavy atom. The van der Waals surface area contributed by atoms with Crippen molar-refractivity contribution in [2.24, 2.45) is 0 Å². The van der Waals surface area contributed by atoms with E-state index in [1.54, 1.807) is 23.7 Å². The normalized spacial score (nSPS) is 15.8. The van der Waals surface area contributed by atoms with Crippen molar-refractivity contribution in [1.82, 2.24) is 9.88 Å². The number of carboxylic acid groups (broad SMARTS) is 1. The molecule has 13 heteroatoms. The number of carbonyl (C=O) groups is 1. The molecule has 0 unspecified atom stereocenters. The second-order valence-electron chi connectivity index (χ2n) is 8.52. The summed E-state index contributed by atoms with van der Waals surface area (Å²) in [5.41, 5.74) is 1.32. The molecule has 1 atom stereocenters. The van der Waals surface area contributed by atoms with Gasteiger partial charge in [0.25, 0.3) is 0 Å². The fourth-order valence-corrected chi connectivity index (χ4v) is 6.41. The van der Waals surface area contributed by atoms with Crippen LogP contribution in [0.25, 0.3) is 0 Å². The highest BCUT2D eigenvalue weighted by Crippen LogP contribution is 2.32. The molecule has 0 spiro atoms. The van der Waals surface area contributed by atoms with Gasteiger partial charge in [-0.25, -0.2) is 18.2 Å². The monoisotopic (exact) mass is 590 g/mol. The number of hydrogen-bond acceptors (Lipinski definition) is 7. The highest BCUT2D eigenvalue weighted by Gasteiger charge is 2.38. The zero-order chi connectivity index (χ0) is 27.9. The number of piperidine rings is 1. The van der Waals surface area contributed by atoms with Crippen LogP contribution in [-0.4, -0.2) is 54.7 Å². The minimum atomic E-state index is -5.08. The minimum absolute atomic E-state index is 0.0644. The molecule has 1 aliphatic rings. The second kappa shape index (κ2) is 12.9. The maximum absolute atomic E-state index is 12.6. The maximum Gasteiger partial charge on any atom is 0.490 e. The first-order valence-corrected chi connectivity index (χ1v) is 14.4. The number of ether oxygens (including phenoxy) is 1. The van der Waals surface area contributed by atoms with E-state index in [2.05, 4.69) is 41.1 Å². The van der Waals surface area contributed by atoms with E-state index in [9.17, 15) is 21.6 Å². The van der Waals surface area contributed by atoms with Crippen molar-refractivity contribution in [2.45, 2.75) is 48.7 Å². The number of sulfone groups is 1. The molecule has 1 aliphatic heterocycles. The van der Waals surface area contributed by atoms with Gasteiger partial charge < -0.3 is 9.84 Å². The Bertz CT molecular complexity index is 1300. The molecule has 0 radical (unpaired) electrons. The minimum Gasteiger partial charge on any atom is -0.489 e. The summed E-state index contributed by atoms with van der Waals surface area (Å²) in [4.78, 5) is 15.6. The lowest BCUT2D eigenvalue weighted by atomic mass is 10.0. The molecule has 1 saturated heterocycles. The van der Waals surface area contributed by atoms with Crippen molar-refractivity contribution >= 4 is 38.7 Å². The number of nitrogens with zero attached hydrogens (tertiary/aromatic N) is 2. The average Bonchev–Trinajstić information content (AvgIpc) is 3.38. The summed E-state index contributed by atoms with van der Waals surface area (Å²) in [5.74, 6) is -2.35. The SMILES string of the molecule is C[C@@H](c1ccccc1)N1CCC(Oc2ccc(S(=O)(=O)Cc3nccs3)cc2Cl)CC1.O=C(O)C(F)(F)F. The van der Waals surface area contributed by atoms with Gasteiger partial charge in [-0.15, -0.1) is 11.3 Å². The van der Waals surface area contributed by atoms with Crippen LogP contribution in [0.3, 0.4) is 0 Å². The number of aromatic nitrogens is 1. The van der Waals surface area contributed by atoms with Gasteiger partial charge in [0.05, 0.1) is 9.92 Å². The maximum atomic E-state index is 12.6. The van der Waals surface area contributed by atoms with Crippen molar-refractivity contribution < 1.29 is 36.2 Å². The first-order chi connectivity index (χ1) is 17.9. The highest BCUT2D eigenvalue weighted by atomic mass is 35.5. The zero-order valence-electron chi connectivity index (χ0n) is 20.3. The summed E-state index contributed by atoms with van der Waals surface area (Å²) in [6.07, 6.45) is -1.62. The lowest BCUT2D eigenvalue weighted by molar-refractivity contribution is -0.192. The lowest BCUT2D eigenvalue weighted by Crippen LogP contribution is -2.39. The third-order valence-corrected chi connectivity index (χ3v) is 8.79. The number of likely N-dealkylation sites (tertiary alicyclic amines) is 1. The summed E-state index contributed by atoms with van der Waals surface area (Å²) in [7, 11) is -3.50. The fraction of sp³-hybridized carbons (Fsp3) is 0.360. The van der Waals surface area contributed by atoms with E-state index < -0.39 is 22.0 Å². The van der Waals surface area contributed by atoms with E-state index in [1.807, 2.05) is 6.07 Å². The van der Waals surface area contributed by atoms with Crippen LogP contribution in [0.5, 0.6) is 5.75 Å². The van der Waals surface area contributed by atoms with Crippen LogP contribution >= 0.6 is 22.9 Å². The van der Waals surface area contributed by atoms with E-state index in [0.717, 1.165) is 25.9 Å². The van der Waals surface area contributed by atoms with Crippen LogP contribution in [-0.2, 0) is 20.4 Å². The number of benzene rings is 2. The molecule has 1 aromatic heterocycles. The van der Waals surface area contributed by atoms with Crippen LogP contribution in [0.2, 0.25) is 5.02 Å². The van der Waals surface area contributed by atoms with Gasteiger partial charge in [-0.1, -0.05) is 41.9 Å². The van der Waals surface area contributed by atoms with Crippen molar-refractivity contribution in [2.75, 3.05) is 13.1 Å². The predicted octanol–water partition coefficient (Wildman–Crippen LogP) is 6.01. The van der Waals surface area contributed by atoms with Gasteiger partial charge in [-0.05, 0) is 43.5 Å². The van der Waals surface area contributed by atoms with E-state index in [1.165, 1.54) is 23.0 Å². The third-order valence-electron chi connectivity index (χ3n) is 5.90. The fourth-order valence-electron chi connectivity index (χ4n) is 3.84. The molecule has 1 fully saturated rings. The molecule has 4 rings (SSSR count). The van der Waals surface area contributed by atoms with Crippen LogP contribution in [0.4, 0.5) is 13.2 Å². The van der Waals surface area contributed by atoms with Crippen molar-refractivity contribution in [3.8, 4) is 5.75 Å². The quantitative estimate of drug-likeness (QED) is 0.360. The molecule has 3 aromatic rings. The van der Waals surface area contributed by atoms with Crippen molar-refractivity contribution in [3.05, 3.63) is 75.7 Å². The van der Waals surface area contributed by atoms with Crippen LogP contribution in [0, 0.1) is 0 Å². The Morgan fingerprint density at radius 1 is 1.21 bits per heavy atom. The molecule has 0 amide bonds. The molecule has 2 aromatic carbocycles. The van der Waals surface area contributed by atoms with Crippen LogP contribution < -0.4 is 4.74 Å². The van der Waals surface area contributed by atoms with Crippen molar-refractivity contribution in [3.63, 3.8) is 0 Å². The van der Waals surface area contributed by atoms with E-state index in [0.29, 0.717) is 21.8 Å². The van der Waals surface area contributed by atoms with Crippen LogP contribution in [0.15, 0.2) is 65.0 Å². The highest BCUT2D eigenvalue weighted by molar-refractivity contribution is 7.90. The first-order valence-electron chi connectivity index (χ1n) is 11.5. The molecule has 206 valence electrons. The second-order valence-corrected chi connectivity index (χ2v) is 11.9. The van der Waals surface area contributed by atoms with Gasteiger partial charge in [0.2, 0.25) is 0 Å².